The van der Waals surface area contributed by atoms with Crippen LogP contribution in [0.2, 0.25) is 0 Å². The number of anilines is 1. The van der Waals surface area contributed by atoms with Gasteiger partial charge in [0, 0.05) is 19.3 Å². The molecular formula is C21H22N2O4S2. The van der Waals surface area contributed by atoms with Gasteiger partial charge in [-0.1, -0.05) is 42.5 Å². The van der Waals surface area contributed by atoms with E-state index in [9.17, 15) is 13.2 Å². The van der Waals surface area contributed by atoms with Gasteiger partial charge >= 0.3 is 0 Å². The predicted molar refractivity (Wildman–Crippen MR) is 114 cm³/mol. The number of carbonyl (C=O) groups is 1. The van der Waals surface area contributed by atoms with Gasteiger partial charge in [-0.3, -0.25) is 9.52 Å². The van der Waals surface area contributed by atoms with Gasteiger partial charge < -0.3 is 10.1 Å². The molecule has 0 saturated heterocycles. The van der Waals surface area contributed by atoms with Crippen LogP contribution in [0.15, 0.2) is 70.3 Å². The molecule has 0 radical (unpaired) electrons. The zero-order valence-corrected chi connectivity index (χ0v) is 17.6. The molecule has 1 heterocycles. The molecule has 2 aromatic carbocycles. The van der Waals surface area contributed by atoms with Crippen molar-refractivity contribution in [2.24, 2.45) is 0 Å². The predicted octanol–water partition coefficient (Wildman–Crippen LogP) is 3.55. The second-order valence-electron chi connectivity index (χ2n) is 6.44. The molecule has 8 heteroatoms. The number of methoxy groups -OCH3 is 1. The highest BCUT2D eigenvalue weighted by Crippen LogP contribution is 2.20. The van der Waals surface area contributed by atoms with Crippen molar-refractivity contribution in [1.29, 1.82) is 0 Å². The van der Waals surface area contributed by atoms with Gasteiger partial charge in [0.2, 0.25) is 5.91 Å². The van der Waals surface area contributed by atoms with E-state index in [1.54, 1.807) is 48.9 Å². The number of carbonyl (C=O) groups excluding carboxylic acids is 1. The van der Waals surface area contributed by atoms with Crippen LogP contribution in [0.25, 0.3) is 0 Å². The number of benzene rings is 2. The summed E-state index contributed by atoms with van der Waals surface area (Å²) in [7, 11) is -1.92. The Labute approximate surface area is 174 Å². The van der Waals surface area contributed by atoms with E-state index < -0.39 is 10.0 Å². The molecule has 3 aromatic rings. The third kappa shape index (κ3) is 6.15. The smallest absolute Gasteiger partial charge is 0.271 e. The van der Waals surface area contributed by atoms with Gasteiger partial charge in [-0.05, 0) is 40.3 Å². The van der Waals surface area contributed by atoms with Crippen molar-refractivity contribution in [2.45, 2.75) is 23.8 Å². The van der Waals surface area contributed by atoms with E-state index in [4.69, 9.17) is 4.74 Å². The molecule has 0 spiro atoms. The van der Waals surface area contributed by atoms with Crippen LogP contribution in [0.3, 0.4) is 0 Å². The fourth-order valence-corrected chi connectivity index (χ4v) is 4.73. The van der Waals surface area contributed by atoms with E-state index in [0.29, 0.717) is 18.8 Å². The number of ether oxygens (including phenoxy) is 1. The molecule has 29 heavy (non-hydrogen) atoms. The maximum absolute atomic E-state index is 12.2. The van der Waals surface area contributed by atoms with Gasteiger partial charge in [-0.2, -0.15) is 0 Å². The van der Waals surface area contributed by atoms with Crippen molar-refractivity contribution in [1.82, 2.24) is 5.32 Å². The lowest BCUT2D eigenvalue weighted by Gasteiger charge is -2.09. The van der Waals surface area contributed by atoms with Crippen molar-refractivity contribution < 1.29 is 17.9 Å². The lowest BCUT2D eigenvalue weighted by molar-refractivity contribution is -0.120. The Hall–Kier alpha value is -2.68. The van der Waals surface area contributed by atoms with Crippen molar-refractivity contribution >= 4 is 33.0 Å². The van der Waals surface area contributed by atoms with E-state index in [2.05, 4.69) is 10.0 Å². The van der Waals surface area contributed by atoms with Crippen LogP contribution in [0.1, 0.15) is 16.7 Å². The summed E-state index contributed by atoms with van der Waals surface area (Å²) in [4.78, 5) is 12.2. The number of hydrogen-bond donors (Lipinski definition) is 2. The zero-order chi connectivity index (χ0) is 20.7. The lowest BCUT2D eigenvalue weighted by Crippen LogP contribution is -2.24. The summed E-state index contributed by atoms with van der Waals surface area (Å²) in [6.07, 6.45) is 0.222. The maximum Gasteiger partial charge on any atom is 0.271 e. The maximum atomic E-state index is 12.2. The Kier molecular flexibility index (Phi) is 7.03. The molecule has 0 aliphatic heterocycles. The summed E-state index contributed by atoms with van der Waals surface area (Å²) in [6, 6.07) is 17.9. The second-order valence-corrected chi connectivity index (χ2v) is 9.29. The summed E-state index contributed by atoms with van der Waals surface area (Å²) in [5, 5.41) is 4.60. The Balaban J connectivity index is 1.50. The summed E-state index contributed by atoms with van der Waals surface area (Å²) < 4.78 is 32.3. The van der Waals surface area contributed by atoms with Crippen molar-refractivity contribution in [3.8, 4) is 0 Å². The Morgan fingerprint density at radius 2 is 1.62 bits per heavy atom. The molecule has 3 rings (SSSR count). The van der Waals surface area contributed by atoms with Crippen LogP contribution in [-0.2, 0) is 39.1 Å². The van der Waals surface area contributed by atoms with Crippen LogP contribution in [0.4, 0.5) is 5.69 Å². The number of rotatable bonds is 9. The third-order valence-corrected chi connectivity index (χ3v) is 6.93. The third-order valence-electron chi connectivity index (χ3n) is 4.15. The molecule has 0 fully saturated rings. The van der Waals surface area contributed by atoms with E-state index in [1.807, 2.05) is 24.3 Å². The van der Waals surface area contributed by atoms with Crippen molar-refractivity contribution in [2.75, 3.05) is 11.8 Å². The van der Waals surface area contributed by atoms with Crippen LogP contribution >= 0.6 is 11.3 Å². The first kappa shape index (κ1) is 21.0. The van der Waals surface area contributed by atoms with Crippen LogP contribution in [0, 0.1) is 0 Å². The molecule has 152 valence electrons. The molecule has 1 aromatic heterocycles. The minimum absolute atomic E-state index is 0.0992. The average Bonchev–Trinajstić information content (AvgIpc) is 3.25. The minimum Gasteiger partial charge on any atom is -0.380 e. The molecule has 0 aliphatic carbocycles. The summed E-state index contributed by atoms with van der Waals surface area (Å²) in [5.74, 6) is -0.0992. The number of sulfonamides is 1. The summed E-state index contributed by atoms with van der Waals surface area (Å²) in [5.41, 5.74) is 3.35. The molecular weight excluding hydrogens is 408 g/mol. The SMILES string of the molecule is COCc1ccc(CNC(=O)Cc2ccc(NS(=O)(=O)c3cccs3)cc2)cc1. The second kappa shape index (κ2) is 9.69. The van der Waals surface area contributed by atoms with E-state index in [-0.39, 0.29) is 16.5 Å². The van der Waals surface area contributed by atoms with E-state index in [0.717, 1.165) is 28.0 Å². The Bertz CT molecular complexity index is 1030. The number of thiophene rings is 1. The number of hydrogen-bond acceptors (Lipinski definition) is 5. The highest BCUT2D eigenvalue weighted by Gasteiger charge is 2.15. The fraction of sp³-hybridized carbons (Fsp3) is 0.190. The van der Waals surface area contributed by atoms with Crippen molar-refractivity contribution in [3.63, 3.8) is 0 Å². The first-order valence-corrected chi connectivity index (χ1v) is 11.3. The molecule has 0 unspecified atom stereocenters. The normalized spacial score (nSPS) is 11.2. The van der Waals surface area contributed by atoms with Crippen molar-refractivity contribution in [3.05, 3.63) is 82.7 Å². The Morgan fingerprint density at radius 3 is 2.24 bits per heavy atom. The largest absolute Gasteiger partial charge is 0.380 e. The van der Waals surface area contributed by atoms with Crippen LogP contribution < -0.4 is 10.0 Å². The molecule has 2 N–H and O–H groups in total. The highest BCUT2D eigenvalue weighted by molar-refractivity contribution is 7.94. The molecule has 1 amide bonds. The summed E-state index contributed by atoms with van der Waals surface area (Å²) >= 11 is 1.16. The monoisotopic (exact) mass is 430 g/mol. The van der Waals surface area contributed by atoms with Gasteiger partial charge in [0.15, 0.2) is 0 Å². The topological polar surface area (TPSA) is 84.5 Å². The van der Waals surface area contributed by atoms with Gasteiger partial charge in [0.1, 0.15) is 4.21 Å². The minimum atomic E-state index is -3.57. The van der Waals surface area contributed by atoms with E-state index in [1.165, 1.54) is 0 Å². The van der Waals surface area contributed by atoms with Gasteiger partial charge in [0.05, 0.1) is 13.0 Å². The molecule has 0 atom stereocenters. The lowest BCUT2D eigenvalue weighted by atomic mass is 10.1. The van der Waals surface area contributed by atoms with E-state index >= 15 is 0 Å². The molecule has 0 aliphatic rings. The quantitative estimate of drug-likeness (QED) is 0.544. The Morgan fingerprint density at radius 1 is 0.966 bits per heavy atom. The fourth-order valence-electron chi connectivity index (χ4n) is 2.68. The van der Waals surface area contributed by atoms with Crippen LogP contribution in [-0.4, -0.2) is 21.4 Å². The first-order valence-electron chi connectivity index (χ1n) is 8.95. The average molecular weight is 431 g/mol. The molecule has 0 saturated carbocycles. The molecule has 0 bridgehead atoms. The summed E-state index contributed by atoms with van der Waals surface area (Å²) in [6.45, 7) is 1.01. The first-order chi connectivity index (χ1) is 14.0. The van der Waals surface area contributed by atoms with Gasteiger partial charge in [-0.15, -0.1) is 11.3 Å². The van der Waals surface area contributed by atoms with Crippen LogP contribution in [0.5, 0.6) is 0 Å². The zero-order valence-electron chi connectivity index (χ0n) is 15.9. The number of nitrogens with one attached hydrogen (secondary N) is 2. The van der Waals surface area contributed by atoms with Gasteiger partial charge in [-0.25, -0.2) is 8.42 Å². The standard InChI is InChI=1S/C21H22N2O4S2/c1-27-15-18-6-4-17(5-7-18)14-22-20(24)13-16-8-10-19(11-9-16)23-29(25,26)21-3-2-12-28-21/h2-12,23H,13-15H2,1H3,(H,22,24). The van der Waals surface area contributed by atoms with Gasteiger partial charge in [0.25, 0.3) is 10.0 Å². The number of amides is 1. The highest BCUT2D eigenvalue weighted by atomic mass is 32.2. The molecule has 6 nitrogen and oxygen atoms in total.